The van der Waals surface area contributed by atoms with E-state index in [1.54, 1.807) is 0 Å². The lowest BCUT2D eigenvalue weighted by Gasteiger charge is -2.14. The van der Waals surface area contributed by atoms with Crippen LogP contribution in [0.15, 0.2) is 18.2 Å². The average molecular weight is 266 g/mol. The zero-order valence-electron chi connectivity index (χ0n) is 11.7. The highest BCUT2D eigenvalue weighted by molar-refractivity contribution is 5.94. The first-order valence-corrected chi connectivity index (χ1v) is 6.90. The molecule has 1 unspecified atom stereocenters. The maximum atomic E-state index is 13.6. The van der Waals surface area contributed by atoms with Gasteiger partial charge < -0.3 is 11.1 Å². The Hall–Kier alpha value is -1.58. The average Bonchev–Trinajstić information content (AvgIpc) is 2.34. The highest BCUT2D eigenvalue weighted by Gasteiger charge is 2.13. The number of halogens is 1. The van der Waals surface area contributed by atoms with Gasteiger partial charge in [-0.3, -0.25) is 4.79 Å². The van der Waals surface area contributed by atoms with Crippen LogP contribution in [-0.2, 0) is 0 Å². The molecule has 1 aromatic rings. The molecule has 19 heavy (non-hydrogen) atoms. The van der Waals surface area contributed by atoms with Crippen molar-refractivity contribution in [3.63, 3.8) is 0 Å². The van der Waals surface area contributed by atoms with Crippen LogP contribution >= 0.6 is 0 Å². The molecule has 0 saturated heterocycles. The molecule has 0 spiro atoms. The molecule has 0 bridgehead atoms. The van der Waals surface area contributed by atoms with E-state index in [-0.39, 0.29) is 17.5 Å². The molecule has 0 aliphatic carbocycles. The van der Waals surface area contributed by atoms with Crippen LogP contribution in [0.25, 0.3) is 0 Å². The molecular formula is C15H23FN2O. The standard InChI is InChI=1S/C15H23FN2O/c1-3-4-5-6-7-11(2)18-15(19)13-9-8-12(17)10-14(13)16/h8-11H,3-7,17H2,1-2H3,(H,18,19). The number of benzene rings is 1. The predicted octanol–water partition coefficient (Wildman–Crippen LogP) is 3.50. The largest absolute Gasteiger partial charge is 0.399 e. The third kappa shape index (κ3) is 5.28. The Kier molecular flexibility index (Phi) is 6.33. The van der Waals surface area contributed by atoms with Crippen LogP contribution in [0.3, 0.4) is 0 Å². The van der Waals surface area contributed by atoms with Gasteiger partial charge in [0.1, 0.15) is 5.82 Å². The minimum absolute atomic E-state index is 0.0506. The third-order valence-electron chi connectivity index (χ3n) is 3.11. The zero-order valence-corrected chi connectivity index (χ0v) is 11.7. The molecule has 0 aliphatic rings. The van der Waals surface area contributed by atoms with Gasteiger partial charge in [0.2, 0.25) is 0 Å². The third-order valence-corrected chi connectivity index (χ3v) is 3.11. The Bertz CT molecular complexity index is 421. The van der Waals surface area contributed by atoms with E-state index in [4.69, 9.17) is 5.73 Å². The fraction of sp³-hybridized carbons (Fsp3) is 0.533. The summed E-state index contributed by atoms with van der Waals surface area (Å²) in [6.45, 7) is 4.11. The smallest absolute Gasteiger partial charge is 0.254 e. The van der Waals surface area contributed by atoms with Gasteiger partial charge >= 0.3 is 0 Å². The number of unbranched alkanes of at least 4 members (excludes halogenated alkanes) is 3. The van der Waals surface area contributed by atoms with E-state index in [2.05, 4.69) is 12.2 Å². The van der Waals surface area contributed by atoms with Crippen LogP contribution in [0, 0.1) is 5.82 Å². The Morgan fingerprint density at radius 1 is 1.37 bits per heavy atom. The van der Waals surface area contributed by atoms with Gasteiger partial charge in [0, 0.05) is 11.7 Å². The van der Waals surface area contributed by atoms with Crippen LogP contribution < -0.4 is 11.1 Å². The normalized spacial score (nSPS) is 12.2. The molecule has 0 aliphatic heterocycles. The molecule has 0 saturated carbocycles. The summed E-state index contributed by atoms with van der Waals surface area (Å²) in [5.74, 6) is -0.948. The number of carbonyl (C=O) groups excluding carboxylic acids is 1. The van der Waals surface area contributed by atoms with Gasteiger partial charge in [-0.15, -0.1) is 0 Å². The van der Waals surface area contributed by atoms with Gasteiger partial charge in [0.15, 0.2) is 0 Å². The Labute approximate surface area is 114 Å². The van der Waals surface area contributed by atoms with E-state index in [0.29, 0.717) is 5.69 Å². The molecule has 106 valence electrons. The van der Waals surface area contributed by atoms with Gasteiger partial charge in [0.05, 0.1) is 5.56 Å². The molecule has 1 aromatic carbocycles. The lowest BCUT2D eigenvalue weighted by molar-refractivity contribution is 0.0934. The number of hydrogen-bond donors (Lipinski definition) is 2. The quantitative estimate of drug-likeness (QED) is 0.586. The van der Waals surface area contributed by atoms with Gasteiger partial charge in [-0.25, -0.2) is 4.39 Å². The second-order valence-corrected chi connectivity index (χ2v) is 4.96. The molecular weight excluding hydrogens is 243 g/mol. The minimum atomic E-state index is -0.573. The second kappa shape index (κ2) is 7.77. The number of nitrogens with two attached hydrogens (primary N) is 1. The van der Waals surface area contributed by atoms with E-state index in [1.165, 1.54) is 37.5 Å². The summed E-state index contributed by atoms with van der Waals surface area (Å²) in [6.07, 6.45) is 5.58. The molecule has 0 fully saturated rings. The molecule has 1 rings (SSSR count). The van der Waals surface area contributed by atoms with Crippen molar-refractivity contribution in [3.05, 3.63) is 29.6 Å². The summed E-state index contributed by atoms with van der Waals surface area (Å²) in [6, 6.07) is 4.18. The van der Waals surface area contributed by atoms with E-state index in [1.807, 2.05) is 6.92 Å². The van der Waals surface area contributed by atoms with Crippen molar-refractivity contribution in [3.8, 4) is 0 Å². The maximum Gasteiger partial charge on any atom is 0.254 e. The van der Waals surface area contributed by atoms with Gasteiger partial charge in [-0.1, -0.05) is 32.6 Å². The monoisotopic (exact) mass is 266 g/mol. The van der Waals surface area contributed by atoms with Crippen molar-refractivity contribution < 1.29 is 9.18 Å². The zero-order chi connectivity index (χ0) is 14.3. The Morgan fingerprint density at radius 2 is 2.11 bits per heavy atom. The highest BCUT2D eigenvalue weighted by Crippen LogP contribution is 2.12. The number of nitrogen functional groups attached to an aromatic ring is 1. The number of rotatable bonds is 7. The van der Waals surface area contributed by atoms with Crippen LogP contribution in [0.2, 0.25) is 0 Å². The molecule has 1 amide bonds. The van der Waals surface area contributed by atoms with Gasteiger partial charge in [-0.2, -0.15) is 0 Å². The van der Waals surface area contributed by atoms with E-state index >= 15 is 0 Å². The number of anilines is 1. The van der Waals surface area contributed by atoms with Crippen molar-refractivity contribution in [1.29, 1.82) is 0 Å². The summed E-state index contributed by atoms with van der Waals surface area (Å²) < 4.78 is 13.6. The van der Waals surface area contributed by atoms with Crippen LogP contribution in [0.1, 0.15) is 56.3 Å². The van der Waals surface area contributed by atoms with E-state index in [0.717, 1.165) is 12.8 Å². The fourth-order valence-electron chi connectivity index (χ4n) is 1.97. The summed E-state index contributed by atoms with van der Waals surface area (Å²) in [5, 5.41) is 2.81. The predicted molar refractivity (Wildman–Crippen MR) is 76.5 cm³/mol. The summed E-state index contributed by atoms with van der Waals surface area (Å²) >= 11 is 0. The highest BCUT2D eigenvalue weighted by atomic mass is 19.1. The molecule has 1 atom stereocenters. The number of hydrogen-bond acceptors (Lipinski definition) is 2. The van der Waals surface area contributed by atoms with Crippen molar-refractivity contribution >= 4 is 11.6 Å². The minimum Gasteiger partial charge on any atom is -0.399 e. The van der Waals surface area contributed by atoms with E-state index < -0.39 is 5.82 Å². The Morgan fingerprint density at radius 3 is 2.74 bits per heavy atom. The SMILES string of the molecule is CCCCCCC(C)NC(=O)c1ccc(N)cc1F. The van der Waals surface area contributed by atoms with Crippen molar-refractivity contribution in [2.24, 2.45) is 0 Å². The van der Waals surface area contributed by atoms with Crippen LogP contribution in [-0.4, -0.2) is 11.9 Å². The summed E-state index contributed by atoms with van der Waals surface area (Å²) in [7, 11) is 0. The molecule has 0 aromatic heterocycles. The molecule has 0 radical (unpaired) electrons. The summed E-state index contributed by atoms with van der Waals surface area (Å²) in [4.78, 5) is 11.9. The van der Waals surface area contributed by atoms with Crippen molar-refractivity contribution in [2.45, 2.75) is 52.0 Å². The van der Waals surface area contributed by atoms with Crippen LogP contribution in [0.4, 0.5) is 10.1 Å². The van der Waals surface area contributed by atoms with Gasteiger partial charge in [0.25, 0.3) is 5.91 Å². The van der Waals surface area contributed by atoms with Crippen LogP contribution in [0.5, 0.6) is 0 Å². The Balaban J connectivity index is 2.45. The lowest BCUT2D eigenvalue weighted by Crippen LogP contribution is -2.33. The molecule has 0 heterocycles. The maximum absolute atomic E-state index is 13.6. The number of carbonyl (C=O) groups is 1. The lowest BCUT2D eigenvalue weighted by atomic mass is 10.1. The first kappa shape index (κ1) is 15.5. The van der Waals surface area contributed by atoms with Gasteiger partial charge in [-0.05, 0) is 31.5 Å². The van der Waals surface area contributed by atoms with Crippen molar-refractivity contribution in [1.82, 2.24) is 5.32 Å². The molecule has 3 nitrogen and oxygen atoms in total. The number of amides is 1. The molecule has 3 N–H and O–H groups in total. The number of nitrogens with one attached hydrogen (secondary N) is 1. The first-order chi connectivity index (χ1) is 9.04. The topological polar surface area (TPSA) is 55.1 Å². The molecule has 4 heteroatoms. The second-order valence-electron chi connectivity index (χ2n) is 4.96. The van der Waals surface area contributed by atoms with Crippen molar-refractivity contribution in [2.75, 3.05) is 5.73 Å². The summed E-state index contributed by atoms with van der Waals surface area (Å²) in [5.41, 5.74) is 5.82. The fourth-order valence-corrected chi connectivity index (χ4v) is 1.97. The van der Waals surface area contributed by atoms with E-state index in [9.17, 15) is 9.18 Å². The first-order valence-electron chi connectivity index (χ1n) is 6.90.